The van der Waals surface area contributed by atoms with Crippen LogP contribution < -0.4 is 20.1 Å². The highest BCUT2D eigenvalue weighted by atomic mass is 16.5. The van der Waals surface area contributed by atoms with Crippen LogP contribution in [-0.4, -0.2) is 69.8 Å². The van der Waals surface area contributed by atoms with E-state index in [-0.39, 0.29) is 29.9 Å². The molecule has 0 spiro atoms. The van der Waals surface area contributed by atoms with Crippen molar-refractivity contribution in [3.63, 3.8) is 0 Å². The smallest absolute Gasteiger partial charge is 0.259 e. The Kier molecular flexibility index (Phi) is 8.30. The molecule has 2 amide bonds. The summed E-state index contributed by atoms with van der Waals surface area (Å²) in [7, 11) is 4.92. The van der Waals surface area contributed by atoms with Gasteiger partial charge in [-0.15, -0.1) is 0 Å². The maximum absolute atomic E-state index is 13.4. The second kappa shape index (κ2) is 11.2. The molecule has 33 heavy (non-hydrogen) atoms. The molecule has 178 valence electrons. The van der Waals surface area contributed by atoms with Gasteiger partial charge in [0.15, 0.2) is 0 Å². The van der Waals surface area contributed by atoms with Gasteiger partial charge < -0.3 is 29.7 Å². The number of nitrogens with one attached hydrogen (secondary N) is 2. The third-order valence-electron chi connectivity index (χ3n) is 5.83. The number of methoxy groups -OCH3 is 2. The zero-order chi connectivity index (χ0) is 24.0. The van der Waals surface area contributed by atoms with Gasteiger partial charge in [0.05, 0.1) is 24.3 Å². The summed E-state index contributed by atoms with van der Waals surface area (Å²) in [5, 5.41) is 6.32. The Balaban J connectivity index is 1.90. The van der Waals surface area contributed by atoms with Crippen molar-refractivity contribution in [2.75, 3.05) is 46.3 Å². The predicted octanol–water partition coefficient (Wildman–Crippen LogP) is 3.04. The van der Waals surface area contributed by atoms with Crippen molar-refractivity contribution in [3.05, 3.63) is 53.6 Å². The Bertz CT molecular complexity index is 980. The molecule has 3 atom stereocenters. The number of anilines is 1. The molecule has 1 aliphatic heterocycles. The number of rotatable bonds is 4. The van der Waals surface area contributed by atoms with Gasteiger partial charge in [-0.25, -0.2) is 0 Å². The highest BCUT2D eigenvalue weighted by molar-refractivity contribution is 6.07. The molecule has 2 N–H and O–H groups in total. The van der Waals surface area contributed by atoms with E-state index >= 15 is 0 Å². The summed E-state index contributed by atoms with van der Waals surface area (Å²) in [6.45, 7) is 5.73. The van der Waals surface area contributed by atoms with Gasteiger partial charge in [0, 0.05) is 39.0 Å². The molecule has 2 aromatic rings. The number of ether oxygens (including phenoxy) is 3. The van der Waals surface area contributed by atoms with Crippen molar-refractivity contribution in [1.29, 1.82) is 0 Å². The number of amides is 2. The molecule has 0 unspecified atom stereocenters. The van der Waals surface area contributed by atoms with Crippen LogP contribution in [0.2, 0.25) is 0 Å². The highest BCUT2D eigenvalue weighted by Gasteiger charge is 2.26. The molecule has 0 bridgehead atoms. The molecule has 1 aliphatic rings. The highest BCUT2D eigenvalue weighted by Crippen LogP contribution is 2.27. The van der Waals surface area contributed by atoms with Crippen molar-refractivity contribution in [1.82, 2.24) is 10.2 Å². The fourth-order valence-corrected chi connectivity index (χ4v) is 3.77. The standard InChI is InChI=1S/C25H33N3O5/c1-16-13-26-17(2)15-33-22-11-10-18(12-20(22)25(30)28(3)14-23(16)32-5)27-24(29)19-8-6-7-9-21(19)31-4/h6-12,16-17,23,26H,13-15H2,1-5H3,(H,27,29)/t16-,17+,23-/m0/s1. The quantitative estimate of drug-likeness (QED) is 0.737. The summed E-state index contributed by atoms with van der Waals surface area (Å²) in [4.78, 5) is 27.8. The normalized spacial score (nSPS) is 21.8. The van der Waals surface area contributed by atoms with Crippen LogP contribution in [0.3, 0.4) is 0 Å². The average molecular weight is 456 g/mol. The third-order valence-corrected chi connectivity index (χ3v) is 5.83. The van der Waals surface area contributed by atoms with E-state index in [4.69, 9.17) is 14.2 Å². The van der Waals surface area contributed by atoms with E-state index in [2.05, 4.69) is 17.6 Å². The molecule has 3 rings (SSSR count). The van der Waals surface area contributed by atoms with Crippen LogP contribution in [0.4, 0.5) is 5.69 Å². The van der Waals surface area contributed by atoms with Crippen molar-refractivity contribution in [3.8, 4) is 11.5 Å². The Morgan fingerprint density at radius 2 is 1.94 bits per heavy atom. The van der Waals surface area contributed by atoms with Gasteiger partial charge >= 0.3 is 0 Å². The summed E-state index contributed by atoms with van der Waals surface area (Å²) in [5.41, 5.74) is 1.28. The van der Waals surface area contributed by atoms with Gasteiger partial charge in [-0.1, -0.05) is 19.1 Å². The zero-order valence-electron chi connectivity index (χ0n) is 19.9. The second-order valence-corrected chi connectivity index (χ2v) is 8.42. The molecule has 0 radical (unpaired) electrons. The summed E-state index contributed by atoms with van der Waals surface area (Å²) in [6, 6.07) is 12.2. The number of para-hydroxylation sites is 1. The molecule has 0 saturated heterocycles. The van der Waals surface area contributed by atoms with E-state index < -0.39 is 0 Å². The summed E-state index contributed by atoms with van der Waals surface area (Å²) < 4.78 is 16.9. The van der Waals surface area contributed by atoms with E-state index in [0.29, 0.717) is 41.5 Å². The van der Waals surface area contributed by atoms with E-state index in [1.165, 1.54) is 7.11 Å². The molecular formula is C25H33N3O5. The van der Waals surface area contributed by atoms with Crippen molar-refractivity contribution >= 4 is 17.5 Å². The van der Waals surface area contributed by atoms with Crippen molar-refractivity contribution < 1.29 is 23.8 Å². The zero-order valence-corrected chi connectivity index (χ0v) is 19.9. The molecule has 8 nitrogen and oxygen atoms in total. The predicted molar refractivity (Wildman–Crippen MR) is 127 cm³/mol. The van der Waals surface area contributed by atoms with E-state index in [0.717, 1.165) is 6.54 Å². The maximum atomic E-state index is 13.4. The number of fused-ring (bicyclic) bond motifs is 1. The molecular weight excluding hydrogens is 422 g/mol. The van der Waals surface area contributed by atoms with Crippen LogP contribution in [0.1, 0.15) is 34.6 Å². The van der Waals surface area contributed by atoms with Gasteiger partial charge in [0.2, 0.25) is 0 Å². The lowest BCUT2D eigenvalue weighted by Gasteiger charge is -2.30. The lowest BCUT2D eigenvalue weighted by molar-refractivity contribution is 0.0281. The lowest BCUT2D eigenvalue weighted by atomic mass is 10.0. The summed E-state index contributed by atoms with van der Waals surface area (Å²) >= 11 is 0. The van der Waals surface area contributed by atoms with Crippen LogP contribution in [0.15, 0.2) is 42.5 Å². The average Bonchev–Trinajstić information content (AvgIpc) is 2.83. The number of carbonyl (C=O) groups is 2. The minimum Gasteiger partial charge on any atom is -0.496 e. The van der Waals surface area contributed by atoms with Gasteiger partial charge in [-0.3, -0.25) is 9.59 Å². The number of nitrogens with zero attached hydrogens (tertiary/aromatic N) is 1. The van der Waals surface area contributed by atoms with E-state index in [1.54, 1.807) is 61.5 Å². The number of carbonyl (C=O) groups excluding carboxylic acids is 2. The molecule has 0 fully saturated rings. The first-order valence-corrected chi connectivity index (χ1v) is 11.1. The molecule has 8 heteroatoms. The first-order valence-electron chi connectivity index (χ1n) is 11.1. The largest absolute Gasteiger partial charge is 0.496 e. The Morgan fingerprint density at radius 3 is 2.67 bits per heavy atom. The van der Waals surface area contributed by atoms with Crippen LogP contribution in [-0.2, 0) is 4.74 Å². The first kappa shape index (κ1) is 24.5. The van der Waals surface area contributed by atoms with Gasteiger partial charge in [-0.2, -0.15) is 0 Å². The number of hydrogen-bond acceptors (Lipinski definition) is 6. The maximum Gasteiger partial charge on any atom is 0.259 e. The molecule has 0 aliphatic carbocycles. The first-order chi connectivity index (χ1) is 15.8. The Morgan fingerprint density at radius 1 is 1.18 bits per heavy atom. The lowest BCUT2D eigenvalue weighted by Crippen LogP contribution is -2.44. The minimum atomic E-state index is -0.326. The molecule has 1 heterocycles. The fraction of sp³-hybridized carbons (Fsp3) is 0.440. The number of hydrogen-bond donors (Lipinski definition) is 2. The van der Waals surface area contributed by atoms with Gasteiger partial charge in [0.1, 0.15) is 18.1 Å². The molecule has 0 aromatic heterocycles. The SMILES string of the molecule is COc1ccccc1C(=O)Nc1ccc2c(c1)C(=O)N(C)C[C@H](OC)[C@@H](C)CN[C@H](C)CO2. The topological polar surface area (TPSA) is 89.1 Å². The Labute approximate surface area is 195 Å². The molecule has 2 aromatic carbocycles. The van der Waals surface area contributed by atoms with Crippen LogP contribution >= 0.6 is 0 Å². The van der Waals surface area contributed by atoms with E-state index in [9.17, 15) is 9.59 Å². The third kappa shape index (κ3) is 6.03. The van der Waals surface area contributed by atoms with Crippen molar-refractivity contribution in [2.24, 2.45) is 5.92 Å². The van der Waals surface area contributed by atoms with Crippen LogP contribution in [0.25, 0.3) is 0 Å². The fourth-order valence-electron chi connectivity index (χ4n) is 3.77. The summed E-state index contributed by atoms with van der Waals surface area (Å²) in [6.07, 6.45) is -0.115. The second-order valence-electron chi connectivity index (χ2n) is 8.42. The van der Waals surface area contributed by atoms with E-state index in [1.807, 2.05) is 6.92 Å². The number of likely N-dealkylation sites (N-methyl/N-ethyl adjacent to an activating group) is 1. The minimum absolute atomic E-state index is 0.0926. The van der Waals surface area contributed by atoms with Crippen LogP contribution in [0.5, 0.6) is 11.5 Å². The molecule has 0 saturated carbocycles. The Hall–Kier alpha value is -3.10. The summed E-state index contributed by atoms with van der Waals surface area (Å²) in [5.74, 6) is 0.625. The van der Waals surface area contributed by atoms with Crippen LogP contribution in [0, 0.1) is 5.92 Å². The number of benzene rings is 2. The van der Waals surface area contributed by atoms with Gasteiger partial charge in [0.25, 0.3) is 11.8 Å². The monoisotopic (exact) mass is 455 g/mol. The van der Waals surface area contributed by atoms with Crippen molar-refractivity contribution in [2.45, 2.75) is 26.0 Å². The van der Waals surface area contributed by atoms with Gasteiger partial charge in [-0.05, 0) is 43.2 Å².